The Balaban J connectivity index is 0.700. The van der Waals surface area contributed by atoms with Crippen LogP contribution in [-0.4, -0.2) is 113 Å². The van der Waals surface area contributed by atoms with Crippen LogP contribution in [0.2, 0.25) is 0 Å². The van der Waals surface area contributed by atoms with E-state index in [1.54, 1.807) is 0 Å². The molecule has 0 amide bonds. The first kappa shape index (κ1) is 32.1. The van der Waals surface area contributed by atoms with Gasteiger partial charge in [-0.05, 0) is 54.8 Å². The normalized spacial score (nSPS) is 49.3. The molecule has 0 spiro atoms. The summed E-state index contributed by atoms with van der Waals surface area (Å²) in [6, 6.07) is 0. The van der Waals surface area contributed by atoms with Crippen LogP contribution in [0.1, 0.15) is 40.0 Å². The van der Waals surface area contributed by atoms with E-state index in [1.165, 1.54) is 0 Å². The molecule has 0 aromatic carbocycles. The Bertz CT molecular complexity index is 1210. The first-order chi connectivity index (χ1) is 23.3. The summed E-state index contributed by atoms with van der Waals surface area (Å²) in [6.07, 6.45) is 4.55. The number of carbonyl (C=O) groups is 3. The molecule has 3 saturated heterocycles. The summed E-state index contributed by atoms with van der Waals surface area (Å²) in [5.41, 5.74) is 0. The molecule has 3 heterocycles. The maximum Gasteiger partial charge on any atom is 0.309 e. The molecule has 6 aliphatic carbocycles. The SMILES string of the molecule is CC1C2CC(C3OC23)C1C(=O)OCCOCC(COCCOC(=O)C1C(C)C2CC1C1OC21)OCCOC(=O)C1C(C)C2CC1C1OC21. The molecule has 6 bridgehead atoms. The third-order valence-corrected chi connectivity index (χ3v) is 14.0. The van der Waals surface area contributed by atoms with Gasteiger partial charge in [0.1, 0.15) is 25.9 Å². The lowest BCUT2D eigenvalue weighted by atomic mass is 9.80. The van der Waals surface area contributed by atoms with Crippen LogP contribution in [-0.2, 0) is 57.0 Å². The molecule has 12 heteroatoms. The summed E-state index contributed by atoms with van der Waals surface area (Å²) in [7, 11) is 0. The number of hydrogen-bond donors (Lipinski definition) is 0. The van der Waals surface area contributed by atoms with E-state index in [4.69, 9.17) is 42.6 Å². The van der Waals surface area contributed by atoms with Crippen LogP contribution in [0.25, 0.3) is 0 Å². The second-order valence-electron chi connectivity index (χ2n) is 16.2. The smallest absolute Gasteiger partial charge is 0.309 e. The van der Waals surface area contributed by atoms with E-state index in [2.05, 4.69) is 20.8 Å². The van der Waals surface area contributed by atoms with E-state index in [9.17, 15) is 14.4 Å². The number of fused-ring (bicyclic) bond motifs is 15. The summed E-state index contributed by atoms with van der Waals surface area (Å²) < 4.78 is 51.8. The molecule has 0 N–H and O–H groups in total. The fourth-order valence-electron chi connectivity index (χ4n) is 11.6. The molecule has 0 radical (unpaired) electrons. The van der Waals surface area contributed by atoms with E-state index in [-0.39, 0.29) is 142 Å². The van der Waals surface area contributed by atoms with Gasteiger partial charge in [0, 0.05) is 17.8 Å². The van der Waals surface area contributed by atoms with Crippen LogP contribution in [0, 0.1) is 71.0 Å². The first-order valence-corrected chi connectivity index (χ1v) is 18.5. The van der Waals surface area contributed by atoms with Gasteiger partial charge in [-0.1, -0.05) is 20.8 Å². The Morgan fingerprint density at radius 1 is 0.500 bits per heavy atom. The van der Waals surface area contributed by atoms with Crippen LogP contribution in [0.4, 0.5) is 0 Å². The van der Waals surface area contributed by atoms with Crippen molar-refractivity contribution >= 4 is 17.9 Å². The summed E-state index contributed by atoms with van der Waals surface area (Å²) in [5.74, 6) is 2.38. The van der Waals surface area contributed by atoms with Crippen molar-refractivity contribution in [3.63, 3.8) is 0 Å². The highest BCUT2D eigenvalue weighted by molar-refractivity contribution is 5.75. The van der Waals surface area contributed by atoms with E-state index >= 15 is 0 Å². The first-order valence-electron chi connectivity index (χ1n) is 18.5. The Hall–Kier alpha value is -1.83. The monoisotopic (exact) mass is 674 g/mol. The van der Waals surface area contributed by atoms with Crippen molar-refractivity contribution in [2.75, 3.05) is 52.9 Å². The molecule has 18 unspecified atom stereocenters. The minimum atomic E-state index is -0.443. The van der Waals surface area contributed by atoms with E-state index in [0.717, 1.165) is 19.3 Å². The number of epoxide rings is 3. The van der Waals surface area contributed by atoms with Gasteiger partial charge in [-0.2, -0.15) is 0 Å². The molecule has 266 valence electrons. The van der Waals surface area contributed by atoms with E-state index in [1.807, 2.05) is 0 Å². The zero-order valence-corrected chi connectivity index (χ0v) is 28.1. The summed E-state index contributed by atoms with van der Waals surface area (Å²) in [6.45, 7) is 7.95. The van der Waals surface area contributed by atoms with Crippen molar-refractivity contribution in [1.82, 2.24) is 0 Å². The second-order valence-corrected chi connectivity index (χ2v) is 16.2. The lowest BCUT2D eigenvalue weighted by Gasteiger charge is -2.25. The molecular weight excluding hydrogens is 624 g/mol. The van der Waals surface area contributed by atoms with Gasteiger partial charge in [0.2, 0.25) is 0 Å². The number of rotatable bonds is 17. The quantitative estimate of drug-likeness (QED) is 0.0964. The molecule has 9 aliphatic rings. The maximum atomic E-state index is 12.9. The van der Waals surface area contributed by atoms with Crippen LogP contribution in [0.15, 0.2) is 0 Å². The van der Waals surface area contributed by atoms with Crippen LogP contribution in [0.3, 0.4) is 0 Å². The standard InChI is InChI=1S/C36H50O12/c1-15-19-10-22(31-28(19)46-31)25(15)34(37)43-6-4-40-13-18(42-8-9-45-36(39)27-17(3)21-12-24(27)33-30(21)48-33)14-41-5-7-44-35(38)26-16(2)20-11-23(26)32-29(20)47-32/h15-33H,4-14H2,1-3H3. The van der Waals surface area contributed by atoms with Crippen LogP contribution >= 0.6 is 0 Å². The Kier molecular flexibility index (Phi) is 8.32. The zero-order valence-electron chi connectivity index (χ0n) is 28.1. The summed E-state index contributed by atoms with van der Waals surface area (Å²) in [5, 5.41) is 0. The number of carbonyl (C=O) groups excluding carboxylic acids is 3. The highest BCUT2D eigenvalue weighted by Gasteiger charge is 2.70. The maximum absolute atomic E-state index is 12.9. The summed E-state index contributed by atoms with van der Waals surface area (Å²) >= 11 is 0. The van der Waals surface area contributed by atoms with Gasteiger partial charge < -0.3 is 42.6 Å². The highest BCUT2D eigenvalue weighted by Crippen LogP contribution is 2.63. The van der Waals surface area contributed by atoms with E-state index < -0.39 is 6.10 Å². The Morgan fingerprint density at radius 2 is 0.833 bits per heavy atom. The highest BCUT2D eigenvalue weighted by atomic mass is 16.6. The number of esters is 3. The lowest BCUT2D eigenvalue weighted by molar-refractivity contribution is -0.158. The third-order valence-electron chi connectivity index (χ3n) is 14.0. The van der Waals surface area contributed by atoms with Gasteiger partial charge in [0.05, 0.1) is 87.4 Å². The third kappa shape index (κ3) is 5.43. The van der Waals surface area contributed by atoms with Gasteiger partial charge in [-0.25, -0.2) is 0 Å². The van der Waals surface area contributed by atoms with Gasteiger partial charge >= 0.3 is 17.9 Å². The molecular formula is C36H50O12. The summed E-state index contributed by atoms with van der Waals surface area (Å²) in [4.78, 5) is 38.6. The van der Waals surface area contributed by atoms with Crippen molar-refractivity contribution in [3.05, 3.63) is 0 Å². The molecule has 0 aromatic rings. The molecule has 9 fully saturated rings. The number of hydrogen-bond acceptors (Lipinski definition) is 12. The van der Waals surface area contributed by atoms with Crippen molar-refractivity contribution in [1.29, 1.82) is 0 Å². The van der Waals surface area contributed by atoms with Gasteiger partial charge in [-0.15, -0.1) is 0 Å². The van der Waals surface area contributed by atoms with Crippen molar-refractivity contribution in [2.24, 2.45) is 71.0 Å². The molecule has 0 aromatic heterocycles. The van der Waals surface area contributed by atoms with Crippen molar-refractivity contribution in [3.8, 4) is 0 Å². The minimum Gasteiger partial charge on any atom is -0.463 e. The Labute approximate surface area is 281 Å². The molecule has 3 aliphatic heterocycles. The largest absolute Gasteiger partial charge is 0.463 e. The minimum absolute atomic E-state index is 0.0911. The molecule has 9 rings (SSSR count). The fourth-order valence-corrected chi connectivity index (χ4v) is 11.6. The van der Waals surface area contributed by atoms with E-state index in [0.29, 0.717) is 36.1 Å². The van der Waals surface area contributed by atoms with Crippen LogP contribution < -0.4 is 0 Å². The second kappa shape index (κ2) is 12.4. The Morgan fingerprint density at radius 3 is 1.19 bits per heavy atom. The average Bonchev–Trinajstić information content (AvgIpc) is 4.02. The number of ether oxygens (including phenoxy) is 9. The van der Waals surface area contributed by atoms with Gasteiger partial charge in [0.25, 0.3) is 0 Å². The molecule has 6 saturated carbocycles. The molecule has 12 nitrogen and oxygen atoms in total. The fraction of sp³-hybridized carbons (Fsp3) is 0.917. The van der Waals surface area contributed by atoms with Crippen molar-refractivity contribution < 1.29 is 57.0 Å². The predicted octanol–water partition coefficient (Wildman–Crippen LogP) is 2.04. The van der Waals surface area contributed by atoms with Crippen molar-refractivity contribution in [2.45, 2.75) is 82.8 Å². The molecule has 18 atom stereocenters. The zero-order chi connectivity index (χ0) is 32.8. The average molecular weight is 675 g/mol. The molecule has 48 heavy (non-hydrogen) atoms. The predicted molar refractivity (Wildman–Crippen MR) is 163 cm³/mol. The topological polar surface area (TPSA) is 144 Å². The lowest BCUT2D eigenvalue weighted by Crippen LogP contribution is -2.35. The van der Waals surface area contributed by atoms with Crippen LogP contribution in [0.5, 0.6) is 0 Å². The van der Waals surface area contributed by atoms with Gasteiger partial charge in [-0.3, -0.25) is 14.4 Å². The van der Waals surface area contributed by atoms with Gasteiger partial charge in [0.15, 0.2) is 0 Å².